The zero-order valence-corrected chi connectivity index (χ0v) is 10.2. The minimum Gasteiger partial charge on any atom is -0.390 e. The van der Waals surface area contributed by atoms with Crippen LogP contribution in [0.15, 0.2) is 0 Å². The Hall–Kier alpha value is -0.0800. The Balaban J connectivity index is 3.48. The van der Waals surface area contributed by atoms with Gasteiger partial charge in [0.2, 0.25) is 0 Å². The van der Waals surface area contributed by atoms with E-state index in [-0.39, 0.29) is 6.10 Å². The molecule has 0 aliphatic rings. The number of methoxy groups -OCH3 is 1. The first-order chi connectivity index (χ1) is 6.54. The summed E-state index contributed by atoms with van der Waals surface area (Å²) in [4.78, 5) is 0. The van der Waals surface area contributed by atoms with Crippen LogP contribution in [-0.2, 0) is 4.74 Å². The molecule has 2 heteroatoms. The fraction of sp³-hybridized carbons (Fsp3) is 1.00. The van der Waals surface area contributed by atoms with Gasteiger partial charge >= 0.3 is 0 Å². The van der Waals surface area contributed by atoms with Crippen molar-refractivity contribution >= 4 is 0 Å². The summed E-state index contributed by atoms with van der Waals surface area (Å²) in [7, 11) is 1.65. The van der Waals surface area contributed by atoms with Gasteiger partial charge in [0.15, 0.2) is 0 Å². The molecule has 1 atom stereocenters. The lowest BCUT2D eigenvalue weighted by molar-refractivity contribution is -0.0807. The first-order valence-corrected chi connectivity index (χ1v) is 5.77. The Morgan fingerprint density at radius 2 is 1.71 bits per heavy atom. The third kappa shape index (κ3) is 5.61. The van der Waals surface area contributed by atoms with Gasteiger partial charge in [0.05, 0.1) is 11.7 Å². The summed E-state index contributed by atoms with van der Waals surface area (Å²) in [6.45, 7) is 6.08. The van der Waals surface area contributed by atoms with E-state index in [1.54, 1.807) is 7.11 Å². The quantitative estimate of drug-likeness (QED) is 0.613. The highest BCUT2D eigenvalue weighted by molar-refractivity contribution is 4.77. The van der Waals surface area contributed by atoms with E-state index in [0.29, 0.717) is 0 Å². The highest BCUT2D eigenvalue weighted by Crippen LogP contribution is 2.19. The minimum atomic E-state index is -0.398. The molecule has 2 nitrogen and oxygen atoms in total. The van der Waals surface area contributed by atoms with Gasteiger partial charge in [-0.3, -0.25) is 0 Å². The van der Waals surface area contributed by atoms with Gasteiger partial charge in [0.1, 0.15) is 0 Å². The van der Waals surface area contributed by atoms with Gasteiger partial charge in [0, 0.05) is 7.11 Å². The van der Waals surface area contributed by atoms with Gasteiger partial charge in [-0.25, -0.2) is 0 Å². The molecule has 0 heterocycles. The lowest BCUT2D eigenvalue weighted by Gasteiger charge is -2.29. The maximum Gasteiger partial charge on any atom is 0.0880 e. The van der Waals surface area contributed by atoms with Crippen LogP contribution in [0, 0.1) is 0 Å². The van der Waals surface area contributed by atoms with Crippen molar-refractivity contribution < 1.29 is 9.84 Å². The SMILES string of the molecule is CCCCCCCC(O)C(C)(C)OC. The second kappa shape index (κ2) is 7.24. The molecule has 0 aliphatic carbocycles. The number of unbranched alkanes of at least 4 members (excludes halogenated alkanes) is 4. The molecule has 0 spiro atoms. The molecule has 0 amide bonds. The number of aliphatic hydroxyl groups excluding tert-OH is 1. The van der Waals surface area contributed by atoms with Crippen molar-refractivity contribution in [3.05, 3.63) is 0 Å². The van der Waals surface area contributed by atoms with Crippen molar-refractivity contribution in [2.24, 2.45) is 0 Å². The molecular formula is C12H26O2. The van der Waals surface area contributed by atoms with Gasteiger partial charge in [-0.15, -0.1) is 0 Å². The largest absolute Gasteiger partial charge is 0.390 e. The molecule has 0 aromatic heterocycles. The molecule has 0 fully saturated rings. The summed E-state index contributed by atoms with van der Waals surface area (Å²) in [6.07, 6.45) is 6.71. The first-order valence-electron chi connectivity index (χ1n) is 5.77. The van der Waals surface area contributed by atoms with Crippen molar-refractivity contribution in [3.63, 3.8) is 0 Å². The van der Waals surface area contributed by atoms with E-state index in [0.717, 1.165) is 12.8 Å². The summed E-state index contributed by atoms with van der Waals surface area (Å²) >= 11 is 0. The predicted molar refractivity (Wildman–Crippen MR) is 60.5 cm³/mol. The fourth-order valence-electron chi connectivity index (χ4n) is 1.42. The van der Waals surface area contributed by atoms with Crippen LogP contribution in [0.4, 0.5) is 0 Å². The van der Waals surface area contributed by atoms with Gasteiger partial charge in [-0.1, -0.05) is 39.0 Å². The van der Waals surface area contributed by atoms with E-state index in [4.69, 9.17) is 4.74 Å². The summed E-state index contributed by atoms with van der Waals surface area (Å²) in [5, 5.41) is 9.81. The van der Waals surface area contributed by atoms with Crippen LogP contribution in [-0.4, -0.2) is 23.9 Å². The molecule has 0 rings (SSSR count). The zero-order chi connectivity index (χ0) is 11.0. The molecule has 0 saturated carbocycles. The second-order valence-corrected chi connectivity index (χ2v) is 4.53. The van der Waals surface area contributed by atoms with E-state index < -0.39 is 5.60 Å². The van der Waals surface area contributed by atoms with Crippen molar-refractivity contribution in [1.82, 2.24) is 0 Å². The van der Waals surface area contributed by atoms with Crippen molar-refractivity contribution in [3.8, 4) is 0 Å². The highest BCUT2D eigenvalue weighted by atomic mass is 16.5. The summed E-state index contributed by atoms with van der Waals surface area (Å²) in [5.41, 5.74) is -0.398. The number of hydrogen-bond acceptors (Lipinski definition) is 2. The Labute approximate surface area is 88.7 Å². The maximum atomic E-state index is 9.81. The molecule has 0 saturated heterocycles. The molecule has 0 aliphatic heterocycles. The molecule has 1 N–H and O–H groups in total. The topological polar surface area (TPSA) is 29.5 Å². The molecule has 0 radical (unpaired) electrons. The van der Waals surface area contributed by atoms with Crippen LogP contribution in [0.5, 0.6) is 0 Å². The number of ether oxygens (including phenoxy) is 1. The lowest BCUT2D eigenvalue weighted by Crippen LogP contribution is -2.37. The van der Waals surface area contributed by atoms with E-state index in [1.165, 1.54) is 25.7 Å². The van der Waals surface area contributed by atoms with Gasteiger partial charge in [0.25, 0.3) is 0 Å². The lowest BCUT2D eigenvalue weighted by atomic mass is 9.96. The van der Waals surface area contributed by atoms with Crippen LogP contribution in [0.3, 0.4) is 0 Å². The highest BCUT2D eigenvalue weighted by Gasteiger charge is 2.26. The molecule has 14 heavy (non-hydrogen) atoms. The average Bonchev–Trinajstić information content (AvgIpc) is 2.17. The van der Waals surface area contributed by atoms with Crippen LogP contribution in [0.2, 0.25) is 0 Å². The first kappa shape index (κ1) is 13.9. The molecule has 86 valence electrons. The predicted octanol–water partition coefficient (Wildman–Crippen LogP) is 3.13. The monoisotopic (exact) mass is 202 g/mol. The third-order valence-corrected chi connectivity index (χ3v) is 2.91. The molecule has 0 bridgehead atoms. The van der Waals surface area contributed by atoms with E-state index >= 15 is 0 Å². The standard InChI is InChI=1S/C12H26O2/c1-5-6-7-8-9-10-11(13)12(2,3)14-4/h11,13H,5-10H2,1-4H3. The molecule has 0 aromatic rings. The minimum absolute atomic E-state index is 0.339. The molecular weight excluding hydrogens is 176 g/mol. The van der Waals surface area contributed by atoms with Gasteiger partial charge in [-0.2, -0.15) is 0 Å². The van der Waals surface area contributed by atoms with Gasteiger partial charge in [-0.05, 0) is 20.3 Å². The number of rotatable bonds is 8. The van der Waals surface area contributed by atoms with Crippen molar-refractivity contribution in [2.45, 2.75) is 71.0 Å². The fourth-order valence-corrected chi connectivity index (χ4v) is 1.42. The summed E-state index contributed by atoms with van der Waals surface area (Å²) < 4.78 is 5.23. The van der Waals surface area contributed by atoms with Gasteiger partial charge < -0.3 is 9.84 Å². The van der Waals surface area contributed by atoms with Crippen molar-refractivity contribution in [1.29, 1.82) is 0 Å². The average molecular weight is 202 g/mol. The van der Waals surface area contributed by atoms with E-state index in [2.05, 4.69) is 6.92 Å². The third-order valence-electron chi connectivity index (χ3n) is 2.91. The molecule has 1 unspecified atom stereocenters. The van der Waals surface area contributed by atoms with Crippen LogP contribution >= 0.6 is 0 Å². The van der Waals surface area contributed by atoms with Crippen LogP contribution in [0.1, 0.15) is 59.3 Å². The number of aliphatic hydroxyl groups is 1. The van der Waals surface area contributed by atoms with Crippen LogP contribution in [0.25, 0.3) is 0 Å². The van der Waals surface area contributed by atoms with E-state index in [9.17, 15) is 5.11 Å². The summed E-state index contributed by atoms with van der Waals surface area (Å²) in [5.74, 6) is 0. The van der Waals surface area contributed by atoms with Crippen molar-refractivity contribution in [2.75, 3.05) is 7.11 Å². The smallest absolute Gasteiger partial charge is 0.0880 e. The second-order valence-electron chi connectivity index (χ2n) is 4.53. The maximum absolute atomic E-state index is 9.81. The summed E-state index contributed by atoms with van der Waals surface area (Å²) in [6, 6.07) is 0. The zero-order valence-electron chi connectivity index (χ0n) is 10.2. The Bertz CT molecular complexity index is 132. The Morgan fingerprint density at radius 1 is 1.14 bits per heavy atom. The Morgan fingerprint density at radius 3 is 2.21 bits per heavy atom. The molecule has 0 aromatic carbocycles. The number of hydrogen-bond donors (Lipinski definition) is 1. The normalized spacial score (nSPS) is 14.4. The van der Waals surface area contributed by atoms with Crippen LogP contribution < -0.4 is 0 Å². The Kier molecular flexibility index (Phi) is 7.20. The van der Waals surface area contributed by atoms with E-state index in [1.807, 2.05) is 13.8 Å².